The summed E-state index contributed by atoms with van der Waals surface area (Å²) in [6, 6.07) is 0. The minimum atomic E-state index is -1.51. The highest BCUT2D eigenvalue weighted by Crippen LogP contribution is 2.37. The SMILES string of the molecule is C=C(C)C[C@]1(C)CC(=C(F)F)CN1C. The molecule has 0 unspecified atom stereocenters. The number of halogens is 2. The maximum absolute atomic E-state index is 12.4. The Bertz CT molecular complexity index is 279. The number of nitrogens with zero attached hydrogens (tertiary/aromatic N) is 1. The lowest BCUT2D eigenvalue weighted by atomic mass is 9.90. The van der Waals surface area contributed by atoms with Gasteiger partial charge in [0.1, 0.15) is 0 Å². The van der Waals surface area contributed by atoms with Gasteiger partial charge in [0.2, 0.25) is 0 Å². The molecule has 1 aliphatic rings. The van der Waals surface area contributed by atoms with Gasteiger partial charge < -0.3 is 0 Å². The third-order valence-electron chi connectivity index (χ3n) is 2.89. The molecule has 0 aromatic carbocycles. The fraction of sp³-hybridized carbons (Fsp3) is 0.636. The first-order valence-corrected chi connectivity index (χ1v) is 4.74. The maximum Gasteiger partial charge on any atom is 0.270 e. The smallest absolute Gasteiger partial charge is 0.270 e. The molecule has 1 nitrogen and oxygen atoms in total. The van der Waals surface area contributed by atoms with E-state index in [1.54, 1.807) is 0 Å². The molecule has 80 valence electrons. The van der Waals surface area contributed by atoms with Crippen molar-refractivity contribution in [3.05, 3.63) is 23.8 Å². The molecule has 0 spiro atoms. The summed E-state index contributed by atoms with van der Waals surface area (Å²) in [6.45, 7) is 8.17. The Kier molecular flexibility index (Phi) is 3.10. The van der Waals surface area contributed by atoms with Crippen molar-refractivity contribution in [1.29, 1.82) is 0 Å². The van der Waals surface area contributed by atoms with E-state index < -0.39 is 6.08 Å². The van der Waals surface area contributed by atoms with Gasteiger partial charge in [-0.05, 0) is 33.7 Å². The summed E-state index contributed by atoms with van der Waals surface area (Å²) >= 11 is 0. The quantitative estimate of drug-likeness (QED) is 0.620. The molecule has 3 heteroatoms. The molecule has 0 aromatic heterocycles. The predicted molar refractivity (Wildman–Crippen MR) is 54.3 cm³/mol. The standard InChI is InChI=1S/C11H17F2N/c1-8(2)5-11(3)6-9(10(12)13)7-14(11)4/h1,5-7H2,2-4H3/t11-/m1/s1. The molecule has 1 rings (SSSR count). The second-order valence-electron chi connectivity index (χ2n) is 4.53. The van der Waals surface area contributed by atoms with Gasteiger partial charge in [0, 0.05) is 17.7 Å². The molecule has 0 aromatic rings. The third kappa shape index (κ3) is 2.21. The van der Waals surface area contributed by atoms with E-state index in [1.807, 2.05) is 25.8 Å². The van der Waals surface area contributed by atoms with Gasteiger partial charge in [-0.1, -0.05) is 5.57 Å². The molecule has 0 amide bonds. The average molecular weight is 201 g/mol. The van der Waals surface area contributed by atoms with E-state index in [4.69, 9.17) is 0 Å². The zero-order valence-electron chi connectivity index (χ0n) is 9.03. The van der Waals surface area contributed by atoms with E-state index >= 15 is 0 Å². The first-order chi connectivity index (χ1) is 6.35. The Balaban J connectivity index is 2.83. The molecule has 0 radical (unpaired) electrons. The normalized spacial score (nSPS) is 28.2. The largest absolute Gasteiger partial charge is 0.296 e. The minimum Gasteiger partial charge on any atom is -0.296 e. The molecule has 1 saturated heterocycles. The third-order valence-corrected chi connectivity index (χ3v) is 2.89. The number of hydrogen-bond acceptors (Lipinski definition) is 1. The summed E-state index contributed by atoms with van der Waals surface area (Å²) in [4.78, 5) is 1.98. The fourth-order valence-corrected chi connectivity index (χ4v) is 2.10. The first-order valence-electron chi connectivity index (χ1n) is 4.74. The lowest BCUT2D eigenvalue weighted by Gasteiger charge is -2.31. The molecular weight excluding hydrogens is 184 g/mol. The highest BCUT2D eigenvalue weighted by molar-refractivity contribution is 5.19. The van der Waals surface area contributed by atoms with E-state index in [0.29, 0.717) is 13.0 Å². The van der Waals surface area contributed by atoms with Crippen molar-refractivity contribution >= 4 is 0 Å². The van der Waals surface area contributed by atoms with Crippen LogP contribution in [-0.4, -0.2) is 24.0 Å². The maximum atomic E-state index is 12.4. The Morgan fingerprint density at radius 3 is 2.50 bits per heavy atom. The fourth-order valence-electron chi connectivity index (χ4n) is 2.10. The molecule has 1 fully saturated rings. The van der Waals surface area contributed by atoms with Gasteiger partial charge in [0.05, 0.1) is 0 Å². The molecule has 14 heavy (non-hydrogen) atoms. The van der Waals surface area contributed by atoms with Crippen molar-refractivity contribution < 1.29 is 8.78 Å². The monoisotopic (exact) mass is 201 g/mol. The number of likely N-dealkylation sites (tertiary alicyclic amines) is 1. The first kappa shape index (κ1) is 11.4. The van der Waals surface area contributed by atoms with Crippen LogP contribution in [0.1, 0.15) is 26.7 Å². The second-order valence-corrected chi connectivity index (χ2v) is 4.53. The van der Waals surface area contributed by atoms with Gasteiger partial charge in [-0.3, -0.25) is 4.90 Å². The molecular formula is C11H17F2N. The van der Waals surface area contributed by atoms with Crippen LogP contribution in [0.3, 0.4) is 0 Å². The van der Waals surface area contributed by atoms with Crippen LogP contribution in [-0.2, 0) is 0 Å². The van der Waals surface area contributed by atoms with Crippen LogP contribution >= 0.6 is 0 Å². The molecule has 0 aliphatic carbocycles. The van der Waals surface area contributed by atoms with Gasteiger partial charge in [-0.15, -0.1) is 6.58 Å². The summed E-state index contributed by atoms with van der Waals surface area (Å²) in [7, 11) is 1.89. The van der Waals surface area contributed by atoms with Gasteiger partial charge >= 0.3 is 0 Å². The summed E-state index contributed by atoms with van der Waals surface area (Å²) in [5, 5.41) is 0. The average Bonchev–Trinajstić information content (AvgIpc) is 2.26. The Morgan fingerprint density at radius 1 is 1.57 bits per heavy atom. The van der Waals surface area contributed by atoms with E-state index in [-0.39, 0.29) is 11.1 Å². The van der Waals surface area contributed by atoms with Crippen molar-refractivity contribution in [2.45, 2.75) is 32.2 Å². The van der Waals surface area contributed by atoms with Crippen LogP contribution < -0.4 is 0 Å². The van der Waals surface area contributed by atoms with Gasteiger partial charge in [0.25, 0.3) is 6.08 Å². The molecule has 0 saturated carbocycles. The minimum absolute atomic E-state index is 0.176. The number of rotatable bonds is 2. The Morgan fingerprint density at radius 2 is 2.14 bits per heavy atom. The van der Waals surface area contributed by atoms with Crippen molar-refractivity contribution in [2.24, 2.45) is 0 Å². The van der Waals surface area contributed by atoms with Crippen LogP contribution in [0.2, 0.25) is 0 Å². The lowest BCUT2D eigenvalue weighted by Crippen LogP contribution is -2.38. The van der Waals surface area contributed by atoms with E-state index in [9.17, 15) is 8.78 Å². The van der Waals surface area contributed by atoms with Crippen LogP contribution in [0.25, 0.3) is 0 Å². The van der Waals surface area contributed by atoms with E-state index in [0.717, 1.165) is 12.0 Å². The van der Waals surface area contributed by atoms with Crippen molar-refractivity contribution in [1.82, 2.24) is 4.90 Å². The zero-order chi connectivity index (χ0) is 10.9. The van der Waals surface area contributed by atoms with Crippen molar-refractivity contribution in [2.75, 3.05) is 13.6 Å². The second kappa shape index (κ2) is 3.81. The van der Waals surface area contributed by atoms with Crippen LogP contribution in [0.15, 0.2) is 23.8 Å². The molecule has 0 bridgehead atoms. The lowest BCUT2D eigenvalue weighted by molar-refractivity contribution is 0.195. The molecule has 1 heterocycles. The highest BCUT2D eigenvalue weighted by Gasteiger charge is 2.38. The van der Waals surface area contributed by atoms with Crippen molar-refractivity contribution in [3.63, 3.8) is 0 Å². The van der Waals surface area contributed by atoms with Crippen LogP contribution in [0.5, 0.6) is 0 Å². The number of hydrogen-bond donors (Lipinski definition) is 0. The summed E-state index contributed by atoms with van der Waals surface area (Å²) in [5.74, 6) is 0. The summed E-state index contributed by atoms with van der Waals surface area (Å²) < 4.78 is 24.8. The highest BCUT2D eigenvalue weighted by atomic mass is 19.3. The van der Waals surface area contributed by atoms with Crippen LogP contribution in [0.4, 0.5) is 8.78 Å². The predicted octanol–water partition coefficient (Wildman–Crippen LogP) is 3.20. The summed E-state index contributed by atoms with van der Waals surface area (Å²) in [6.07, 6.45) is -0.277. The van der Waals surface area contributed by atoms with E-state index in [1.165, 1.54) is 0 Å². The topological polar surface area (TPSA) is 3.24 Å². The molecule has 1 aliphatic heterocycles. The van der Waals surface area contributed by atoms with Crippen LogP contribution in [0, 0.1) is 0 Å². The Labute approximate surface area is 84.1 Å². The Hall–Kier alpha value is -0.700. The molecule has 0 N–H and O–H groups in total. The zero-order valence-corrected chi connectivity index (χ0v) is 9.03. The van der Waals surface area contributed by atoms with Crippen molar-refractivity contribution in [3.8, 4) is 0 Å². The summed E-state index contributed by atoms with van der Waals surface area (Å²) in [5.41, 5.74) is 1.14. The number of likely N-dealkylation sites (N-methyl/N-ethyl adjacent to an activating group) is 1. The van der Waals surface area contributed by atoms with E-state index in [2.05, 4.69) is 6.58 Å². The van der Waals surface area contributed by atoms with Gasteiger partial charge in [0.15, 0.2) is 0 Å². The molecule has 1 atom stereocenters. The van der Waals surface area contributed by atoms with Gasteiger partial charge in [-0.2, -0.15) is 8.78 Å². The van der Waals surface area contributed by atoms with Gasteiger partial charge in [-0.25, -0.2) is 0 Å².